The van der Waals surface area contributed by atoms with Gasteiger partial charge in [-0.05, 0) is 69.9 Å². The topological polar surface area (TPSA) is 43.5 Å². The lowest BCUT2D eigenvalue weighted by Gasteiger charge is -2.23. The summed E-state index contributed by atoms with van der Waals surface area (Å²) in [7, 11) is 0. The van der Waals surface area contributed by atoms with Gasteiger partial charge in [-0.15, -0.1) is 0 Å². The van der Waals surface area contributed by atoms with Crippen molar-refractivity contribution in [3.05, 3.63) is 57.6 Å². The molecule has 0 aromatic heterocycles. The fourth-order valence-electron chi connectivity index (χ4n) is 5.16. The van der Waals surface area contributed by atoms with Crippen LogP contribution in [0.5, 0.6) is 11.5 Å². The summed E-state index contributed by atoms with van der Waals surface area (Å²) >= 11 is 0. The van der Waals surface area contributed by atoms with Crippen LogP contribution in [0.25, 0.3) is 0 Å². The summed E-state index contributed by atoms with van der Waals surface area (Å²) in [6.45, 7) is 21.4. The number of benzene rings is 2. The molecule has 210 valence electrons. The molecule has 0 aliphatic carbocycles. The summed E-state index contributed by atoms with van der Waals surface area (Å²) in [6, 6.07) is 9.57. The molecule has 2 unspecified atom stereocenters. The van der Waals surface area contributed by atoms with Crippen molar-refractivity contribution in [1.29, 1.82) is 0 Å². The molecule has 4 rings (SSSR count). The first-order valence-corrected chi connectivity index (χ1v) is 15.0. The monoisotopic (exact) mass is 522 g/mol. The molecule has 0 spiro atoms. The van der Waals surface area contributed by atoms with E-state index in [4.69, 9.17) is 18.9 Å². The summed E-state index contributed by atoms with van der Waals surface area (Å²) in [5.41, 5.74) is 8.12. The lowest BCUT2D eigenvalue weighted by molar-refractivity contribution is 0.276. The second kappa shape index (κ2) is 12.9. The van der Waals surface area contributed by atoms with Gasteiger partial charge in [0.25, 0.3) is 0 Å². The number of rotatable bonds is 15. The van der Waals surface area contributed by atoms with Crippen LogP contribution in [0.4, 0.5) is 0 Å². The Morgan fingerprint density at radius 1 is 0.579 bits per heavy atom. The minimum absolute atomic E-state index is 0.398. The maximum absolute atomic E-state index is 6.41. The fraction of sp³-hybridized carbons (Fsp3) is 0.647. The van der Waals surface area contributed by atoms with Crippen LogP contribution in [0, 0.1) is 0 Å². The highest BCUT2D eigenvalue weighted by atomic mass is 16.6. The highest BCUT2D eigenvalue weighted by molar-refractivity contribution is 5.50. The zero-order chi connectivity index (χ0) is 27.4. The standard InChI is InChI=1S/C34H50O4/c1-21(2)29-15-25(16-30(22(3)4)33(29)35-13-11-27-19-37-27)9-10-26-17-31(23(5)6)34(32(18-26)24(7)8)36-14-12-28-20-38-28/h15-18,21-24,27-28H,9-14,19-20H2,1-8H3. The molecule has 0 N–H and O–H groups in total. The van der Waals surface area contributed by atoms with E-state index in [1.54, 1.807) is 0 Å². The van der Waals surface area contributed by atoms with Crippen LogP contribution in [0.2, 0.25) is 0 Å². The van der Waals surface area contributed by atoms with E-state index in [9.17, 15) is 0 Å². The third-order valence-electron chi connectivity index (χ3n) is 7.78. The van der Waals surface area contributed by atoms with Gasteiger partial charge in [-0.1, -0.05) is 79.7 Å². The quantitative estimate of drug-likeness (QED) is 0.221. The van der Waals surface area contributed by atoms with Gasteiger partial charge in [-0.2, -0.15) is 0 Å². The van der Waals surface area contributed by atoms with Crippen LogP contribution >= 0.6 is 0 Å². The third kappa shape index (κ3) is 7.76. The Morgan fingerprint density at radius 2 is 0.868 bits per heavy atom. The molecule has 38 heavy (non-hydrogen) atoms. The number of hydrogen-bond donors (Lipinski definition) is 0. The molecule has 4 nitrogen and oxygen atoms in total. The van der Waals surface area contributed by atoms with Gasteiger partial charge in [0.15, 0.2) is 0 Å². The number of ether oxygens (including phenoxy) is 4. The Labute approximate surface area is 231 Å². The van der Waals surface area contributed by atoms with Crippen LogP contribution < -0.4 is 9.47 Å². The molecule has 0 bridgehead atoms. The van der Waals surface area contributed by atoms with E-state index in [-0.39, 0.29) is 0 Å². The Kier molecular flexibility index (Phi) is 9.81. The van der Waals surface area contributed by atoms with E-state index in [1.807, 2.05) is 0 Å². The van der Waals surface area contributed by atoms with E-state index >= 15 is 0 Å². The van der Waals surface area contributed by atoms with Crippen LogP contribution in [-0.4, -0.2) is 38.6 Å². The molecular formula is C34H50O4. The van der Waals surface area contributed by atoms with Crippen LogP contribution in [0.3, 0.4) is 0 Å². The SMILES string of the molecule is CC(C)c1cc(CCc2cc(C(C)C)c(OCCC3CO3)c(C(C)C)c2)cc(C(C)C)c1OCCC1CO1. The predicted molar refractivity (Wildman–Crippen MR) is 156 cm³/mol. The van der Waals surface area contributed by atoms with Crippen molar-refractivity contribution in [2.24, 2.45) is 0 Å². The van der Waals surface area contributed by atoms with Gasteiger partial charge < -0.3 is 18.9 Å². The molecule has 4 heteroatoms. The Hall–Kier alpha value is -2.04. The number of hydrogen-bond acceptors (Lipinski definition) is 4. The van der Waals surface area contributed by atoms with Crippen LogP contribution in [0.1, 0.15) is 125 Å². The Balaban J connectivity index is 1.55. The summed E-state index contributed by atoms with van der Waals surface area (Å²) in [6.07, 6.45) is 4.78. The van der Waals surface area contributed by atoms with E-state index in [1.165, 1.54) is 33.4 Å². The van der Waals surface area contributed by atoms with E-state index in [2.05, 4.69) is 79.7 Å². The van der Waals surface area contributed by atoms with Crippen molar-refractivity contribution in [3.8, 4) is 11.5 Å². The molecule has 0 radical (unpaired) electrons. The Bertz CT molecular complexity index is 917. The fourth-order valence-corrected chi connectivity index (χ4v) is 5.16. The van der Waals surface area contributed by atoms with Crippen molar-refractivity contribution in [2.75, 3.05) is 26.4 Å². The summed E-state index contributed by atoms with van der Waals surface area (Å²) < 4.78 is 23.6. The van der Waals surface area contributed by atoms with Gasteiger partial charge >= 0.3 is 0 Å². The lowest BCUT2D eigenvalue weighted by Crippen LogP contribution is -2.10. The summed E-state index contributed by atoms with van der Waals surface area (Å²) in [5.74, 6) is 3.85. The van der Waals surface area contributed by atoms with E-state index in [0.717, 1.165) is 63.6 Å². The van der Waals surface area contributed by atoms with Crippen molar-refractivity contribution >= 4 is 0 Å². The summed E-state index contributed by atoms with van der Waals surface area (Å²) in [5, 5.41) is 0. The molecule has 2 aliphatic heterocycles. The smallest absolute Gasteiger partial charge is 0.126 e. The molecule has 0 saturated carbocycles. The second-order valence-corrected chi connectivity index (χ2v) is 12.5. The number of aryl methyl sites for hydroxylation is 2. The van der Waals surface area contributed by atoms with Crippen molar-refractivity contribution in [3.63, 3.8) is 0 Å². The van der Waals surface area contributed by atoms with Crippen molar-refractivity contribution in [2.45, 2.75) is 117 Å². The first-order valence-electron chi connectivity index (χ1n) is 15.0. The van der Waals surface area contributed by atoms with Gasteiger partial charge in [0, 0.05) is 12.8 Å². The van der Waals surface area contributed by atoms with Gasteiger partial charge in [0.1, 0.15) is 11.5 Å². The first-order chi connectivity index (χ1) is 18.1. The average molecular weight is 523 g/mol. The van der Waals surface area contributed by atoms with Crippen LogP contribution in [-0.2, 0) is 22.3 Å². The van der Waals surface area contributed by atoms with Crippen molar-refractivity contribution < 1.29 is 18.9 Å². The summed E-state index contributed by atoms with van der Waals surface area (Å²) in [4.78, 5) is 0. The van der Waals surface area contributed by atoms with Gasteiger partial charge in [-0.3, -0.25) is 0 Å². The van der Waals surface area contributed by atoms with Crippen molar-refractivity contribution in [1.82, 2.24) is 0 Å². The van der Waals surface area contributed by atoms with Gasteiger partial charge in [-0.25, -0.2) is 0 Å². The Morgan fingerprint density at radius 3 is 1.11 bits per heavy atom. The molecule has 2 atom stereocenters. The van der Waals surface area contributed by atoms with E-state index in [0.29, 0.717) is 35.9 Å². The normalized spacial score (nSPS) is 18.6. The average Bonchev–Trinajstić information content (AvgIpc) is 3.78. The zero-order valence-corrected chi connectivity index (χ0v) is 25.1. The molecule has 2 saturated heterocycles. The maximum atomic E-state index is 6.41. The second-order valence-electron chi connectivity index (χ2n) is 12.5. The molecule has 2 heterocycles. The highest BCUT2D eigenvalue weighted by Crippen LogP contribution is 2.39. The van der Waals surface area contributed by atoms with Crippen LogP contribution in [0.15, 0.2) is 24.3 Å². The lowest BCUT2D eigenvalue weighted by atomic mass is 9.88. The minimum atomic E-state index is 0.398. The molecular weight excluding hydrogens is 472 g/mol. The highest BCUT2D eigenvalue weighted by Gasteiger charge is 2.25. The van der Waals surface area contributed by atoms with Gasteiger partial charge in [0.05, 0.1) is 38.6 Å². The zero-order valence-electron chi connectivity index (χ0n) is 25.1. The number of epoxide rings is 2. The molecule has 0 amide bonds. The van der Waals surface area contributed by atoms with E-state index < -0.39 is 0 Å². The molecule has 2 aromatic rings. The van der Waals surface area contributed by atoms with Gasteiger partial charge in [0.2, 0.25) is 0 Å². The molecule has 2 aromatic carbocycles. The largest absolute Gasteiger partial charge is 0.493 e. The first kappa shape index (κ1) is 29.0. The minimum Gasteiger partial charge on any atom is -0.493 e. The molecule has 2 aliphatic rings. The molecule has 2 fully saturated rings. The maximum Gasteiger partial charge on any atom is 0.126 e. The predicted octanol–water partition coefficient (Wildman–Crippen LogP) is 8.30. The third-order valence-corrected chi connectivity index (χ3v) is 7.78.